The lowest BCUT2D eigenvalue weighted by Gasteiger charge is -2.11. The fourth-order valence-corrected chi connectivity index (χ4v) is 4.67. The SMILES string of the molecule is O=C(COc1ccc(S(=O)(=O)Nc2ccc(Cl)cc2)cc1)NCCNc1ccnc2cc(Cl)ccc12. The van der Waals surface area contributed by atoms with E-state index < -0.39 is 10.0 Å². The van der Waals surface area contributed by atoms with Gasteiger partial charge in [0.1, 0.15) is 5.75 Å². The molecule has 11 heteroatoms. The highest BCUT2D eigenvalue weighted by Gasteiger charge is 2.14. The van der Waals surface area contributed by atoms with Crippen LogP contribution in [0.15, 0.2) is 83.9 Å². The first kappa shape index (κ1) is 25.6. The molecule has 1 amide bonds. The fourth-order valence-electron chi connectivity index (χ4n) is 3.32. The lowest BCUT2D eigenvalue weighted by molar-refractivity contribution is -0.123. The lowest BCUT2D eigenvalue weighted by Crippen LogP contribution is -2.32. The van der Waals surface area contributed by atoms with Crippen LogP contribution in [0, 0.1) is 0 Å². The number of rotatable bonds is 10. The van der Waals surface area contributed by atoms with E-state index in [2.05, 4.69) is 20.3 Å². The molecule has 8 nitrogen and oxygen atoms in total. The third kappa shape index (κ3) is 6.78. The summed E-state index contributed by atoms with van der Waals surface area (Å²) in [4.78, 5) is 16.5. The number of pyridine rings is 1. The predicted molar refractivity (Wildman–Crippen MR) is 142 cm³/mol. The molecule has 3 aromatic carbocycles. The van der Waals surface area contributed by atoms with Crippen LogP contribution in [0.2, 0.25) is 10.0 Å². The van der Waals surface area contributed by atoms with E-state index in [1.54, 1.807) is 42.6 Å². The molecule has 0 aliphatic heterocycles. The molecule has 0 unspecified atom stereocenters. The Kier molecular flexibility index (Phi) is 8.14. The molecule has 0 aliphatic rings. The van der Waals surface area contributed by atoms with Gasteiger partial charge in [0.2, 0.25) is 0 Å². The Bertz CT molecular complexity index is 1460. The number of amides is 1. The van der Waals surface area contributed by atoms with Crippen LogP contribution in [-0.4, -0.2) is 39.0 Å². The van der Waals surface area contributed by atoms with Crippen molar-refractivity contribution in [2.75, 3.05) is 29.7 Å². The fraction of sp³-hybridized carbons (Fsp3) is 0.120. The van der Waals surface area contributed by atoms with Crippen LogP contribution in [-0.2, 0) is 14.8 Å². The number of halogens is 2. The number of hydrogen-bond acceptors (Lipinski definition) is 6. The average Bonchev–Trinajstić information content (AvgIpc) is 2.86. The van der Waals surface area contributed by atoms with Gasteiger partial charge in [0.25, 0.3) is 15.9 Å². The summed E-state index contributed by atoms with van der Waals surface area (Å²) in [5.74, 6) is 0.0694. The summed E-state index contributed by atoms with van der Waals surface area (Å²) in [5, 5.41) is 8.10. The van der Waals surface area contributed by atoms with Gasteiger partial charge in [-0.25, -0.2) is 8.42 Å². The monoisotopic (exact) mass is 544 g/mol. The highest BCUT2D eigenvalue weighted by atomic mass is 35.5. The van der Waals surface area contributed by atoms with Crippen molar-refractivity contribution in [2.45, 2.75) is 4.90 Å². The normalized spacial score (nSPS) is 11.2. The Hall–Kier alpha value is -3.53. The van der Waals surface area contributed by atoms with Gasteiger partial charge in [0.05, 0.1) is 10.4 Å². The predicted octanol–water partition coefficient (Wildman–Crippen LogP) is 4.95. The molecule has 4 aromatic rings. The number of sulfonamides is 1. The Balaban J connectivity index is 1.22. The molecule has 0 saturated heterocycles. The minimum atomic E-state index is -3.77. The van der Waals surface area contributed by atoms with Gasteiger partial charge in [-0.15, -0.1) is 0 Å². The lowest BCUT2D eigenvalue weighted by atomic mass is 10.2. The third-order valence-corrected chi connectivity index (χ3v) is 6.95. The number of aromatic nitrogens is 1. The van der Waals surface area contributed by atoms with Gasteiger partial charge in [0, 0.05) is 46.1 Å². The number of carbonyl (C=O) groups is 1. The van der Waals surface area contributed by atoms with Crippen molar-refractivity contribution in [2.24, 2.45) is 0 Å². The van der Waals surface area contributed by atoms with Crippen molar-refractivity contribution in [3.8, 4) is 5.75 Å². The van der Waals surface area contributed by atoms with Crippen LogP contribution in [0.1, 0.15) is 0 Å². The number of ether oxygens (including phenoxy) is 1. The third-order valence-electron chi connectivity index (χ3n) is 5.07. The number of benzene rings is 3. The standard InChI is InChI=1S/C25H22Cl2N4O4S/c26-17-1-4-19(5-2-17)31-36(33,34)21-8-6-20(7-9-21)35-16-25(32)30-14-13-29-23-11-12-28-24-15-18(27)3-10-22(23)24/h1-12,15,31H,13-14,16H2,(H,28,29)(H,30,32). The topological polar surface area (TPSA) is 109 Å². The minimum absolute atomic E-state index is 0.0613. The number of fused-ring (bicyclic) bond motifs is 1. The summed E-state index contributed by atoms with van der Waals surface area (Å²) >= 11 is 11.8. The average molecular weight is 545 g/mol. The minimum Gasteiger partial charge on any atom is -0.484 e. The zero-order valence-corrected chi connectivity index (χ0v) is 21.2. The van der Waals surface area contributed by atoms with Crippen molar-refractivity contribution in [1.29, 1.82) is 0 Å². The smallest absolute Gasteiger partial charge is 0.261 e. The number of anilines is 2. The van der Waals surface area contributed by atoms with Crippen LogP contribution in [0.3, 0.4) is 0 Å². The largest absolute Gasteiger partial charge is 0.484 e. The van der Waals surface area contributed by atoms with Gasteiger partial charge in [-0.3, -0.25) is 14.5 Å². The van der Waals surface area contributed by atoms with Crippen LogP contribution >= 0.6 is 23.2 Å². The van der Waals surface area contributed by atoms with Gasteiger partial charge < -0.3 is 15.4 Å². The molecule has 0 spiro atoms. The summed E-state index contributed by atoms with van der Waals surface area (Å²) in [6, 6.07) is 19.5. The van der Waals surface area contributed by atoms with E-state index in [1.165, 1.54) is 24.3 Å². The maximum atomic E-state index is 12.5. The van der Waals surface area contributed by atoms with Gasteiger partial charge >= 0.3 is 0 Å². The van der Waals surface area contributed by atoms with Crippen molar-refractivity contribution in [1.82, 2.24) is 10.3 Å². The molecule has 36 heavy (non-hydrogen) atoms. The van der Waals surface area contributed by atoms with E-state index in [4.69, 9.17) is 27.9 Å². The Morgan fingerprint density at radius 3 is 2.36 bits per heavy atom. The molecule has 0 aliphatic carbocycles. The van der Waals surface area contributed by atoms with Gasteiger partial charge in [-0.05, 0) is 72.8 Å². The maximum Gasteiger partial charge on any atom is 0.261 e. The second-order valence-electron chi connectivity index (χ2n) is 7.67. The van der Waals surface area contributed by atoms with Crippen molar-refractivity contribution < 1.29 is 17.9 Å². The van der Waals surface area contributed by atoms with E-state index in [9.17, 15) is 13.2 Å². The molecule has 1 heterocycles. The van der Waals surface area contributed by atoms with Gasteiger partial charge in [-0.2, -0.15) is 0 Å². The molecule has 0 bridgehead atoms. The molecule has 0 atom stereocenters. The Morgan fingerprint density at radius 1 is 0.889 bits per heavy atom. The number of nitrogens with one attached hydrogen (secondary N) is 3. The van der Waals surface area contributed by atoms with Crippen LogP contribution < -0.4 is 20.1 Å². The summed E-state index contributed by atoms with van der Waals surface area (Å²) in [6.45, 7) is 0.680. The zero-order chi connectivity index (χ0) is 25.5. The first-order valence-electron chi connectivity index (χ1n) is 10.9. The summed E-state index contributed by atoms with van der Waals surface area (Å²) in [7, 11) is -3.77. The van der Waals surface area contributed by atoms with Gasteiger partial charge in [-0.1, -0.05) is 23.2 Å². The van der Waals surface area contributed by atoms with Crippen molar-refractivity contribution >= 4 is 61.4 Å². The molecular formula is C25H22Cl2N4O4S. The van der Waals surface area contributed by atoms with E-state index in [0.717, 1.165) is 16.6 Å². The molecule has 0 radical (unpaired) electrons. The molecule has 0 saturated carbocycles. The van der Waals surface area contributed by atoms with E-state index in [0.29, 0.717) is 34.6 Å². The van der Waals surface area contributed by atoms with Crippen LogP contribution in [0.25, 0.3) is 10.9 Å². The number of hydrogen-bond donors (Lipinski definition) is 3. The first-order valence-corrected chi connectivity index (χ1v) is 13.1. The van der Waals surface area contributed by atoms with Gasteiger partial charge in [0.15, 0.2) is 6.61 Å². The highest BCUT2D eigenvalue weighted by Crippen LogP contribution is 2.24. The number of nitrogens with zero attached hydrogens (tertiary/aromatic N) is 1. The molecule has 4 rings (SSSR count). The first-order chi connectivity index (χ1) is 17.3. The highest BCUT2D eigenvalue weighted by molar-refractivity contribution is 7.92. The van der Waals surface area contributed by atoms with Crippen molar-refractivity contribution in [3.63, 3.8) is 0 Å². The molecular weight excluding hydrogens is 523 g/mol. The van der Waals surface area contributed by atoms with E-state index >= 15 is 0 Å². The maximum absolute atomic E-state index is 12.5. The second kappa shape index (κ2) is 11.5. The van der Waals surface area contributed by atoms with E-state index in [1.807, 2.05) is 12.1 Å². The quantitative estimate of drug-likeness (QED) is 0.244. The summed E-state index contributed by atoms with van der Waals surface area (Å²) < 4.78 is 33.0. The Morgan fingerprint density at radius 2 is 1.61 bits per heavy atom. The molecule has 3 N–H and O–H groups in total. The van der Waals surface area contributed by atoms with Crippen LogP contribution in [0.5, 0.6) is 5.75 Å². The molecule has 186 valence electrons. The molecule has 1 aromatic heterocycles. The van der Waals surface area contributed by atoms with Crippen molar-refractivity contribution in [3.05, 3.63) is 89.0 Å². The summed E-state index contributed by atoms with van der Waals surface area (Å²) in [5.41, 5.74) is 2.07. The number of carbonyl (C=O) groups excluding carboxylic acids is 1. The molecule has 0 fully saturated rings. The second-order valence-corrected chi connectivity index (χ2v) is 10.2. The summed E-state index contributed by atoms with van der Waals surface area (Å²) in [6.07, 6.45) is 1.69. The van der Waals surface area contributed by atoms with Crippen LogP contribution in [0.4, 0.5) is 11.4 Å². The zero-order valence-electron chi connectivity index (χ0n) is 18.9. The Labute approximate surface area is 218 Å². The van der Waals surface area contributed by atoms with E-state index in [-0.39, 0.29) is 17.4 Å².